The fourth-order valence-corrected chi connectivity index (χ4v) is 2.64. The van der Waals surface area contributed by atoms with E-state index in [2.05, 4.69) is 15.9 Å². The van der Waals surface area contributed by atoms with Gasteiger partial charge in [-0.05, 0) is 40.9 Å². The molecule has 1 fully saturated rings. The van der Waals surface area contributed by atoms with Crippen LogP contribution in [0.4, 0.5) is 0 Å². The van der Waals surface area contributed by atoms with Crippen LogP contribution in [0.2, 0.25) is 0 Å². The van der Waals surface area contributed by atoms with Crippen LogP contribution >= 0.6 is 15.9 Å². The Balaban J connectivity index is 1.99. The molecule has 0 radical (unpaired) electrons. The number of benzene rings is 1. The van der Waals surface area contributed by atoms with E-state index in [0.717, 1.165) is 30.4 Å². The summed E-state index contributed by atoms with van der Waals surface area (Å²) in [6.07, 6.45) is 2.13. The van der Waals surface area contributed by atoms with E-state index < -0.39 is 0 Å². The highest BCUT2D eigenvalue weighted by Gasteiger charge is 2.22. The van der Waals surface area contributed by atoms with Crippen LogP contribution in [0.25, 0.3) is 0 Å². The molecule has 0 aromatic heterocycles. The van der Waals surface area contributed by atoms with Gasteiger partial charge < -0.3 is 9.80 Å². The van der Waals surface area contributed by atoms with Crippen molar-refractivity contribution in [2.45, 2.75) is 12.8 Å². The van der Waals surface area contributed by atoms with Gasteiger partial charge >= 0.3 is 0 Å². The average Bonchev–Trinajstić information content (AvgIpc) is 2.92. The Morgan fingerprint density at radius 1 is 1.26 bits per heavy atom. The van der Waals surface area contributed by atoms with Crippen LogP contribution in [0.1, 0.15) is 23.2 Å². The van der Waals surface area contributed by atoms with E-state index in [9.17, 15) is 9.59 Å². The van der Waals surface area contributed by atoms with E-state index in [1.165, 1.54) is 4.90 Å². The lowest BCUT2D eigenvalue weighted by Crippen LogP contribution is -2.39. The first kappa shape index (κ1) is 14.1. The number of hydrogen-bond acceptors (Lipinski definition) is 2. The smallest absolute Gasteiger partial charge is 0.255 e. The summed E-state index contributed by atoms with van der Waals surface area (Å²) in [6, 6.07) is 7.25. The predicted octanol–water partition coefficient (Wildman–Crippen LogP) is 2.14. The minimum atomic E-state index is -0.139. The van der Waals surface area contributed by atoms with Gasteiger partial charge in [-0.3, -0.25) is 9.59 Å². The van der Waals surface area contributed by atoms with Crippen LogP contribution in [0.15, 0.2) is 28.7 Å². The first-order valence-corrected chi connectivity index (χ1v) is 7.16. The third-order valence-corrected chi connectivity index (χ3v) is 3.97. The Hall–Kier alpha value is -1.36. The summed E-state index contributed by atoms with van der Waals surface area (Å²) in [7, 11) is 1.66. The van der Waals surface area contributed by atoms with Gasteiger partial charge in [-0.2, -0.15) is 0 Å². The molecule has 5 heteroatoms. The van der Waals surface area contributed by atoms with Crippen LogP contribution in [-0.4, -0.2) is 48.3 Å². The van der Waals surface area contributed by atoms with Gasteiger partial charge in [0.15, 0.2) is 0 Å². The maximum Gasteiger partial charge on any atom is 0.255 e. The van der Waals surface area contributed by atoms with E-state index in [0.29, 0.717) is 5.56 Å². The number of rotatable bonds is 3. The molecule has 4 nitrogen and oxygen atoms in total. The summed E-state index contributed by atoms with van der Waals surface area (Å²) >= 11 is 3.35. The molecule has 1 heterocycles. The molecule has 0 spiro atoms. The van der Waals surface area contributed by atoms with Crippen molar-refractivity contribution in [2.24, 2.45) is 0 Å². The first-order valence-electron chi connectivity index (χ1n) is 6.37. The van der Waals surface area contributed by atoms with Crippen LogP contribution < -0.4 is 0 Å². The number of likely N-dealkylation sites (tertiary alicyclic amines) is 1. The maximum absolute atomic E-state index is 12.2. The third kappa shape index (κ3) is 3.35. The molecule has 0 atom stereocenters. The summed E-state index contributed by atoms with van der Waals surface area (Å²) in [5.74, 6) is -0.111. The van der Waals surface area contributed by atoms with Gasteiger partial charge in [0.2, 0.25) is 5.91 Å². The number of carbonyl (C=O) groups is 2. The molecule has 2 rings (SSSR count). The monoisotopic (exact) mass is 324 g/mol. The van der Waals surface area contributed by atoms with Gasteiger partial charge in [0.25, 0.3) is 5.91 Å². The largest absolute Gasteiger partial charge is 0.341 e. The summed E-state index contributed by atoms with van der Waals surface area (Å²) in [5.41, 5.74) is 0.583. The van der Waals surface area contributed by atoms with Gasteiger partial charge in [0, 0.05) is 24.6 Å². The normalized spacial score (nSPS) is 14.5. The molecule has 1 aromatic rings. The van der Waals surface area contributed by atoms with Gasteiger partial charge in [-0.1, -0.05) is 12.1 Å². The molecular formula is C14H17BrN2O2. The van der Waals surface area contributed by atoms with Crippen molar-refractivity contribution in [3.8, 4) is 0 Å². The Labute approximate surface area is 121 Å². The fraction of sp³-hybridized carbons (Fsp3) is 0.429. The second-order valence-electron chi connectivity index (χ2n) is 4.73. The topological polar surface area (TPSA) is 40.6 Å². The molecule has 1 aliphatic heterocycles. The van der Waals surface area contributed by atoms with E-state index in [1.54, 1.807) is 13.1 Å². The zero-order chi connectivity index (χ0) is 13.8. The third-order valence-electron chi connectivity index (χ3n) is 3.28. The van der Waals surface area contributed by atoms with Crippen molar-refractivity contribution in [3.05, 3.63) is 34.3 Å². The molecular weight excluding hydrogens is 308 g/mol. The zero-order valence-corrected chi connectivity index (χ0v) is 12.5. The number of nitrogens with zero attached hydrogens (tertiary/aromatic N) is 2. The highest BCUT2D eigenvalue weighted by Crippen LogP contribution is 2.17. The van der Waals surface area contributed by atoms with Crippen molar-refractivity contribution in [2.75, 3.05) is 26.7 Å². The molecule has 0 saturated carbocycles. The van der Waals surface area contributed by atoms with Gasteiger partial charge in [0.1, 0.15) is 0 Å². The lowest BCUT2D eigenvalue weighted by molar-refractivity contribution is -0.130. The van der Waals surface area contributed by atoms with E-state index >= 15 is 0 Å². The molecule has 0 aliphatic carbocycles. The molecule has 102 valence electrons. The quantitative estimate of drug-likeness (QED) is 0.854. The Bertz CT molecular complexity index is 484. The van der Waals surface area contributed by atoms with Crippen LogP contribution in [-0.2, 0) is 4.79 Å². The van der Waals surface area contributed by atoms with Gasteiger partial charge in [0.05, 0.1) is 12.1 Å². The number of hydrogen-bond donors (Lipinski definition) is 0. The summed E-state index contributed by atoms with van der Waals surface area (Å²) in [6.45, 7) is 1.77. The molecule has 19 heavy (non-hydrogen) atoms. The maximum atomic E-state index is 12.2. The molecule has 2 amide bonds. The molecule has 0 unspecified atom stereocenters. The van der Waals surface area contributed by atoms with E-state index in [1.807, 2.05) is 23.1 Å². The zero-order valence-electron chi connectivity index (χ0n) is 10.9. The SMILES string of the molecule is CN(CC(=O)N1CCCC1)C(=O)c1ccccc1Br. The molecule has 1 saturated heterocycles. The second kappa shape index (κ2) is 6.19. The minimum Gasteiger partial charge on any atom is -0.341 e. The van der Waals surface area contributed by atoms with Crippen molar-refractivity contribution in [3.63, 3.8) is 0 Å². The van der Waals surface area contributed by atoms with Gasteiger partial charge in [-0.25, -0.2) is 0 Å². The van der Waals surface area contributed by atoms with E-state index in [-0.39, 0.29) is 18.4 Å². The lowest BCUT2D eigenvalue weighted by Gasteiger charge is -2.21. The van der Waals surface area contributed by atoms with Crippen molar-refractivity contribution < 1.29 is 9.59 Å². The van der Waals surface area contributed by atoms with Crippen LogP contribution in [0.3, 0.4) is 0 Å². The molecule has 1 aliphatic rings. The van der Waals surface area contributed by atoms with Crippen LogP contribution in [0, 0.1) is 0 Å². The number of amides is 2. The number of carbonyl (C=O) groups excluding carboxylic acids is 2. The fourth-order valence-electron chi connectivity index (χ4n) is 2.18. The van der Waals surface area contributed by atoms with Crippen LogP contribution in [0.5, 0.6) is 0 Å². The minimum absolute atomic E-state index is 0.0282. The Morgan fingerprint density at radius 3 is 2.53 bits per heavy atom. The molecule has 1 aromatic carbocycles. The van der Waals surface area contributed by atoms with Crippen molar-refractivity contribution >= 4 is 27.7 Å². The molecule has 0 N–H and O–H groups in total. The average molecular weight is 325 g/mol. The van der Waals surface area contributed by atoms with Crippen molar-refractivity contribution in [1.29, 1.82) is 0 Å². The van der Waals surface area contributed by atoms with Gasteiger partial charge in [-0.15, -0.1) is 0 Å². The lowest BCUT2D eigenvalue weighted by atomic mass is 10.2. The highest BCUT2D eigenvalue weighted by atomic mass is 79.9. The molecule has 0 bridgehead atoms. The highest BCUT2D eigenvalue weighted by molar-refractivity contribution is 9.10. The summed E-state index contributed by atoms with van der Waals surface area (Å²) < 4.78 is 0.750. The van der Waals surface area contributed by atoms with Crippen molar-refractivity contribution in [1.82, 2.24) is 9.80 Å². The summed E-state index contributed by atoms with van der Waals surface area (Å²) in [4.78, 5) is 27.5. The Morgan fingerprint density at radius 2 is 1.89 bits per heavy atom. The standard InChI is InChI=1S/C14H17BrN2O2/c1-16(10-13(18)17-8-4-5-9-17)14(19)11-6-2-3-7-12(11)15/h2-3,6-7H,4-5,8-10H2,1H3. The number of halogens is 1. The summed E-state index contributed by atoms with van der Waals surface area (Å²) in [5, 5.41) is 0. The second-order valence-corrected chi connectivity index (χ2v) is 5.58. The number of likely N-dealkylation sites (N-methyl/N-ethyl adjacent to an activating group) is 1. The Kier molecular flexibility index (Phi) is 4.58. The predicted molar refractivity (Wildman–Crippen MR) is 76.9 cm³/mol. The first-order chi connectivity index (χ1) is 9.09. The van der Waals surface area contributed by atoms with E-state index in [4.69, 9.17) is 0 Å².